The van der Waals surface area contributed by atoms with Gasteiger partial charge in [-0.1, -0.05) is 37.6 Å². The Kier molecular flexibility index (Phi) is 8.00. The summed E-state index contributed by atoms with van der Waals surface area (Å²) in [5, 5.41) is 2.16. The molecule has 0 aliphatic carbocycles. The smallest absolute Gasteiger partial charge is 0.307 e. The molecule has 0 spiro atoms. The molecule has 0 saturated carbocycles. The van der Waals surface area contributed by atoms with Crippen LogP contribution in [0.25, 0.3) is 0 Å². The van der Waals surface area contributed by atoms with Crippen LogP contribution in [0.5, 0.6) is 0 Å². The number of hydrogen-bond acceptors (Lipinski definition) is 4. The lowest BCUT2D eigenvalue weighted by molar-refractivity contribution is -0.153. The van der Waals surface area contributed by atoms with E-state index in [9.17, 15) is 23.2 Å². The molecular formula is C22H23F2NO4. The molecule has 0 saturated heterocycles. The SMILES string of the molecule is CCCc1ccc(C(=O)CCC(=O)O[C@H](C)C(=O)Nc2cc(F)ccc2F)cc1. The Morgan fingerprint density at radius 1 is 1.03 bits per heavy atom. The van der Waals surface area contributed by atoms with E-state index >= 15 is 0 Å². The first kappa shape index (κ1) is 22.2. The molecule has 2 rings (SSSR count). The van der Waals surface area contributed by atoms with Crippen LogP contribution in [0.3, 0.4) is 0 Å². The molecule has 0 aliphatic heterocycles. The number of nitrogens with one attached hydrogen (secondary N) is 1. The molecule has 0 unspecified atom stereocenters. The van der Waals surface area contributed by atoms with Crippen molar-refractivity contribution in [2.24, 2.45) is 0 Å². The highest BCUT2D eigenvalue weighted by Gasteiger charge is 2.20. The molecule has 7 heteroatoms. The summed E-state index contributed by atoms with van der Waals surface area (Å²) in [7, 11) is 0. The maximum Gasteiger partial charge on any atom is 0.307 e. The Labute approximate surface area is 168 Å². The van der Waals surface area contributed by atoms with Crippen LogP contribution in [-0.4, -0.2) is 23.8 Å². The van der Waals surface area contributed by atoms with Gasteiger partial charge < -0.3 is 10.1 Å². The second-order valence-electron chi connectivity index (χ2n) is 6.62. The summed E-state index contributed by atoms with van der Waals surface area (Å²) in [5.74, 6) is -3.27. The minimum absolute atomic E-state index is 0.0567. The maximum absolute atomic E-state index is 13.6. The van der Waals surface area contributed by atoms with Crippen LogP contribution in [0.15, 0.2) is 42.5 Å². The zero-order valence-electron chi connectivity index (χ0n) is 16.3. The highest BCUT2D eigenvalue weighted by Crippen LogP contribution is 2.16. The Morgan fingerprint density at radius 2 is 1.72 bits per heavy atom. The fourth-order valence-electron chi connectivity index (χ4n) is 2.64. The van der Waals surface area contributed by atoms with Gasteiger partial charge in [-0.15, -0.1) is 0 Å². The lowest BCUT2D eigenvalue weighted by Gasteiger charge is -2.14. The number of benzene rings is 2. The molecule has 0 fully saturated rings. The van der Waals surface area contributed by atoms with Gasteiger partial charge in [-0.3, -0.25) is 14.4 Å². The lowest BCUT2D eigenvalue weighted by atomic mass is 10.0. The molecule has 29 heavy (non-hydrogen) atoms. The van der Waals surface area contributed by atoms with Gasteiger partial charge in [0.25, 0.3) is 5.91 Å². The first-order valence-corrected chi connectivity index (χ1v) is 9.37. The topological polar surface area (TPSA) is 72.5 Å². The minimum atomic E-state index is -1.23. The van der Waals surface area contributed by atoms with Gasteiger partial charge in [-0.05, 0) is 31.0 Å². The molecule has 0 heterocycles. The Bertz CT molecular complexity index is 881. The molecule has 2 aromatic rings. The number of ketones is 1. The van der Waals surface area contributed by atoms with Crippen molar-refractivity contribution < 1.29 is 27.9 Å². The summed E-state index contributed by atoms with van der Waals surface area (Å²) in [4.78, 5) is 36.1. The standard InChI is InChI=1S/C22H23F2NO4/c1-3-4-15-5-7-16(8-6-15)20(26)11-12-21(27)29-14(2)22(28)25-19-13-17(23)9-10-18(19)24/h5-10,13-14H,3-4,11-12H2,1-2H3,(H,25,28)/t14-/m1/s1. The van der Waals surface area contributed by atoms with Crippen LogP contribution in [0.1, 0.15) is 49.0 Å². The normalized spacial score (nSPS) is 11.6. The zero-order valence-corrected chi connectivity index (χ0v) is 16.3. The van der Waals surface area contributed by atoms with Crippen molar-refractivity contribution in [2.75, 3.05) is 5.32 Å². The number of carbonyl (C=O) groups is 3. The predicted octanol–water partition coefficient (Wildman–Crippen LogP) is 4.45. The average molecular weight is 403 g/mol. The van der Waals surface area contributed by atoms with Crippen LogP contribution in [0.2, 0.25) is 0 Å². The number of amides is 1. The number of Topliss-reactive ketones (excluding diaryl/α,β-unsaturated/α-hetero) is 1. The quantitative estimate of drug-likeness (QED) is 0.496. The van der Waals surface area contributed by atoms with Crippen molar-refractivity contribution in [3.8, 4) is 0 Å². The Morgan fingerprint density at radius 3 is 2.38 bits per heavy atom. The van der Waals surface area contributed by atoms with Gasteiger partial charge in [0.05, 0.1) is 12.1 Å². The molecule has 1 atom stereocenters. The third-order valence-corrected chi connectivity index (χ3v) is 4.23. The summed E-state index contributed by atoms with van der Waals surface area (Å²) >= 11 is 0. The van der Waals surface area contributed by atoms with Crippen LogP contribution >= 0.6 is 0 Å². The van der Waals surface area contributed by atoms with Gasteiger partial charge in [-0.2, -0.15) is 0 Å². The van der Waals surface area contributed by atoms with Crippen LogP contribution in [0, 0.1) is 11.6 Å². The second-order valence-corrected chi connectivity index (χ2v) is 6.62. The molecule has 0 aromatic heterocycles. The minimum Gasteiger partial charge on any atom is -0.453 e. The number of rotatable bonds is 9. The van der Waals surface area contributed by atoms with E-state index < -0.39 is 29.6 Å². The number of esters is 1. The van der Waals surface area contributed by atoms with Crippen LogP contribution in [0.4, 0.5) is 14.5 Å². The van der Waals surface area contributed by atoms with Gasteiger partial charge in [0.15, 0.2) is 11.9 Å². The van der Waals surface area contributed by atoms with Crippen molar-refractivity contribution in [3.05, 3.63) is 65.2 Å². The monoisotopic (exact) mass is 403 g/mol. The van der Waals surface area contributed by atoms with Crippen molar-refractivity contribution >= 4 is 23.3 Å². The van der Waals surface area contributed by atoms with Crippen molar-refractivity contribution in [1.82, 2.24) is 0 Å². The number of carbonyl (C=O) groups excluding carboxylic acids is 3. The van der Waals surface area contributed by atoms with E-state index in [0.29, 0.717) is 5.56 Å². The molecule has 2 aromatic carbocycles. The molecule has 5 nitrogen and oxygen atoms in total. The van der Waals surface area contributed by atoms with Gasteiger partial charge >= 0.3 is 5.97 Å². The summed E-state index contributed by atoms with van der Waals surface area (Å²) < 4.78 is 31.7. The first-order valence-electron chi connectivity index (χ1n) is 9.37. The average Bonchev–Trinajstić information content (AvgIpc) is 2.69. The van der Waals surface area contributed by atoms with Gasteiger partial charge in [0.1, 0.15) is 11.6 Å². The largest absolute Gasteiger partial charge is 0.453 e. The fraction of sp³-hybridized carbons (Fsp3) is 0.318. The predicted molar refractivity (Wildman–Crippen MR) is 105 cm³/mol. The number of aryl methyl sites for hydroxylation is 1. The second kappa shape index (κ2) is 10.5. The molecular weight excluding hydrogens is 380 g/mol. The molecule has 154 valence electrons. The summed E-state index contributed by atoms with van der Waals surface area (Å²) in [6, 6.07) is 9.83. The Hall–Kier alpha value is -3.09. The van der Waals surface area contributed by atoms with Crippen LogP contribution in [-0.2, 0) is 20.7 Å². The third kappa shape index (κ3) is 6.78. The van der Waals surface area contributed by atoms with E-state index in [1.165, 1.54) is 6.92 Å². The summed E-state index contributed by atoms with van der Waals surface area (Å²) in [5.41, 5.74) is 1.29. The summed E-state index contributed by atoms with van der Waals surface area (Å²) in [6.45, 7) is 3.37. The first-order chi connectivity index (χ1) is 13.8. The van der Waals surface area contributed by atoms with E-state index in [-0.39, 0.29) is 24.3 Å². The van der Waals surface area contributed by atoms with E-state index in [1.807, 2.05) is 12.1 Å². The highest BCUT2D eigenvalue weighted by molar-refractivity contribution is 5.98. The van der Waals surface area contributed by atoms with Gasteiger partial charge in [0.2, 0.25) is 0 Å². The number of ether oxygens (including phenoxy) is 1. The van der Waals surface area contributed by atoms with Crippen molar-refractivity contribution in [2.45, 2.75) is 45.6 Å². The molecule has 1 amide bonds. The maximum atomic E-state index is 13.6. The molecule has 1 N–H and O–H groups in total. The van der Waals surface area contributed by atoms with E-state index in [1.54, 1.807) is 12.1 Å². The van der Waals surface area contributed by atoms with Gasteiger partial charge in [0, 0.05) is 18.1 Å². The van der Waals surface area contributed by atoms with E-state index in [4.69, 9.17) is 4.74 Å². The molecule has 0 bridgehead atoms. The fourth-order valence-corrected chi connectivity index (χ4v) is 2.64. The Balaban J connectivity index is 1.82. The van der Waals surface area contributed by atoms with Crippen LogP contribution < -0.4 is 5.32 Å². The number of hydrogen-bond donors (Lipinski definition) is 1. The number of halogens is 2. The molecule has 0 radical (unpaired) electrons. The zero-order chi connectivity index (χ0) is 21.4. The van der Waals surface area contributed by atoms with E-state index in [2.05, 4.69) is 12.2 Å². The molecule has 0 aliphatic rings. The number of anilines is 1. The highest BCUT2D eigenvalue weighted by atomic mass is 19.1. The van der Waals surface area contributed by atoms with E-state index in [0.717, 1.165) is 36.6 Å². The van der Waals surface area contributed by atoms with Crippen molar-refractivity contribution in [1.29, 1.82) is 0 Å². The summed E-state index contributed by atoms with van der Waals surface area (Å²) in [6.07, 6.45) is 0.464. The van der Waals surface area contributed by atoms with Crippen molar-refractivity contribution in [3.63, 3.8) is 0 Å². The third-order valence-electron chi connectivity index (χ3n) is 4.23. The lowest BCUT2D eigenvalue weighted by Crippen LogP contribution is -2.30. The van der Waals surface area contributed by atoms with Gasteiger partial charge in [-0.25, -0.2) is 8.78 Å².